The van der Waals surface area contributed by atoms with E-state index in [1.165, 1.54) is 0 Å². The molecule has 200 valence electrons. The van der Waals surface area contributed by atoms with E-state index in [9.17, 15) is 4.79 Å². The lowest BCUT2D eigenvalue weighted by Gasteiger charge is -2.25. The summed E-state index contributed by atoms with van der Waals surface area (Å²) in [6, 6.07) is 16.1. The zero-order valence-electron chi connectivity index (χ0n) is 21.0. The van der Waals surface area contributed by atoms with Gasteiger partial charge >= 0.3 is 0 Å². The molecule has 10 heteroatoms. The fraction of sp³-hybridized carbons (Fsp3) is 0.321. The number of hydrogen-bond acceptors (Lipinski definition) is 8. The maximum atomic E-state index is 13.2. The van der Waals surface area contributed by atoms with Gasteiger partial charge in [0.2, 0.25) is 5.91 Å². The first-order valence-corrected chi connectivity index (χ1v) is 12.7. The third kappa shape index (κ3) is 6.42. The maximum absolute atomic E-state index is 13.2. The number of halogens is 1. The lowest BCUT2D eigenvalue weighted by molar-refractivity contribution is -0.117. The van der Waals surface area contributed by atoms with Crippen LogP contribution in [0, 0.1) is 0 Å². The lowest BCUT2D eigenvalue weighted by Crippen LogP contribution is -2.35. The summed E-state index contributed by atoms with van der Waals surface area (Å²) >= 11 is 6.25. The number of para-hydroxylation sites is 2. The molecule has 2 heterocycles. The van der Waals surface area contributed by atoms with Gasteiger partial charge in [-0.3, -0.25) is 9.69 Å². The second-order valence-corrected chi connectivity index (χ2v) is 9.15. The lowest BCUT2D eigenvalue weighted by atomic mass is 10.1. The molecule has 38 heavy (non-hydrogen) atoms. The highest BCUT2D eigenvalue weighted by atomic mass is 35.5. The Labute approximate surface area is 226 Å². The van der Waals surface area contributed by atoms with Crippen LogP contribution in [0.5, 0.6) is 34.5 Å². The number of ether oxygens (including phenoxy) is 6. The monoisotopic (exact) mass is 540 g/mol. The Morgan fingerprint density at radius 3 is 2.42 bits per heavy atom. The molecule has 0 saturated carbocycles. The molecule has 5 rings (SSSR count). The molecule has 3 aromatic carbocycles. The van der Waals surface area contributed by atoms with Gasteiger partial charge in [-0.15, -0.1) is 0 Å². The number of carbonyl (C=O) groups excluding carboxylic acids is 1. The summed E-state index contributed by atoms with van der Waals surface area (Å²) < 4.78 is 34.9. The minimum absolute atomic E-state index is 0.0972. The molecule has 3 aromatic rings. The van der Waals surface area contributed by atoms with E-state index >= 15 is 0 Å². The van der Waals surface area contributed by atoms with E-state index in [1.54, 1.807) is 31.4 Å². The fourth-order valence-electron chi connectivity index (χ4n) is 4.24. The van der Waals surface area contributed by atoms with Crippen LogP contribution < -0.4 is 29.0 Å². The van der Waals surface area contributed by atoms with Gasteiger partial charge in [-0.25, -0.2) is 0 Å². The largest absolute Gasteiger partial charge is 0.496 e. The molecule has 1 amide bonds. The number of nitrogens with one attached hydrogen (secondary N) is 1. The van der Waals surface area contributed by atoms with E-state index in [4.69, 9.17) is 40.0 Å². The third-order valence-corrected chi connectivity index (χ3v) is 6.26. The smallest absolute Gasteiger partial charge is 0.238 e. The molecular formula is C28H29ClN2O7. The van der Waals surface area contributed by atoms with E-state index in [2.05, 4.69) is 5.32 Å². The molecule has 9 nitrogen and oxygen atoms in total. The van der Waals surface area contributed by atoms with Crippen molar-refractivity contribution in [3.8, 4) is 34.5 Å². The van der Waals surface area contributed by atoms with E-state index in [0.29, 0.717) is 91.3 Å². The minimum atomic E-state index is -0.229. The van der Waals surface area contributed by atoms with Crippen molar-refractivity contribution in [3.05, 3.63) is 65.2 Å². The molecule has 0 unspecified atom stereocenters. The molecule has 2 aliphatic heterocycles. The standard InChI is InChI=1S/C28H29ClN2O7/c1-33-25-16-27-26(36-12-13-37-27)14-19(25)17-31-8-9-34-10-11-35-23-4-2-3-5-24(23)38-22-7-6-20(29)15-21(22)30-28(32)18-31/h2-7,14-16H,8-13,17-18H2,1H3,(H,30,32). The molecule has 0 aromatic heterocycles. The van der Waals surface area contributed by atoms with Gasteiger partial charge in [-0.1, -0.05) is 23.7 Å². The number of methoxy groups -OCH3 is 1. The summed E-state index contributed by atoms with van der Waals surface area (Å²) in [5.74, 6) is 3.27. The number of amides is 1. The number of benzene rings is 3. The highest BCUT2D eigenvalue weighted by Gasteiger charge is 2.21. The van der Waals surface area contributed by atoms with E-state index < -0.39 is 0 Å². The Kier molecular flexibility index (Phi) is 8.37. The number of nitrogens with zero attached hydrogens (tertiary/aromatic N) is 1. The Bertz CT molecular complexity index is 1290. The second kappa shape index (κ2) is 12.3. The highest BCUT2D eigenvalue weighted by Crippen LogP contribution is 2.38. The van der Waals surface area contributed by atoms with E-state index in [1.807, 2.05) is 35.2 Å². The summed E-state index contributed by atoms with van der Waals surface area (Å²) in [7, 11) is 1.61. The van der Waals surface area contributed by atoms with Gasteiger partial charge < -0.3 is 33.7 Å². The van der Waals surface area contributed by atoms with Crippen LogP contribution in [-0.4, -0.2) is 64.0 Å². The van der Waals surface area contributed by atoms with Gasteiger partial charge in [-0.2, -0.15) is 0 Å². The summed E-state index contributed by atoms with van der Waals surface area (Å²) in [5, 5.41) is 3.42. The maximum Gasteiger partial charge on any atom is 0.238 e. The first-order chi connectivity index (χ1) is 18.6. The first-order valence-electron chi connectivity index (χ1n) is 12.3. The summed E-state index contributed by atoms with van der Waals surface area (Å²) in [4.78, 5) is 15.2. The molecule has 1 N–H and O–H groups in total. The molecule has 2 aliphatic rings. The Morgan fingerprint density at radius 2 is 1.61 bits per heavy atom. The zero-order chi connectivity index (χ0) is 26.3. The van der Waals surface area contributed by atoms with Crippen molar-refractivity contribution < 1.29 is 33.2 Å². The van der Waals surface area contributed by atoms with E-state index in [-0.39, 0.29) is 12.5 Å². The van der Waals surface area contributed by atoms with E-state index in [0.717, 1.165) is 5.56 Å². The van der Waals surface area contributed by atoms with Crippen molar-refractivity contribution in [2.45, 2.75) is 6.54 Å². The Balaban J connectivity index is 1.39. The highest BCUT2D eigenvalue weighted by molar-refractivity contribution is 6.31. The summed E-state index contributed by atoms with van der Waals surface area (Å²) in [6.45, 7) is 3.13. The number of anilines is 1. The number of fused-ring (bicyclic) bond motifs is 3. The zero-order valence-corrected chi connectivity index (χ0v) is 21.8. The van der Waals surface area contributed by atoms with Crippen molar-refractivity contribution in [1.29, 1.82) is 0 Å². The van der Waals surface area contributed by atoms with Gasteiger partial charge in [0.05, 0.1) is 32.6 Å². The molecule has 0 fully saturated rings. The van der Waals surface area contributed by atoms with Crippen molar-refractivity contribution in [3.63, 3.8) is 0 Å². The van der Waals surface area contributed by atoms with Gasteiger partial charge in [0.1, 0.15) is 25.6 Å². The summed E-state index contributed by atoms with van der Waals surface area (Å²) in [6.07, 6.45) is 0. The molecule has 0 aliphatic carbocycles. The van der Waals surface area contributed by atoms with Crippen LogP contribution in [0.3, 0.4) is 0 Å². The van der Waals surface area contributed by atoms with Gasteiger partial charge in [0.15, 0.2) is 28.7 Å². The summed E-state index contributed by atoms with van der Waals surface area (Å²) in [5.41, 5.74) is 1.33. The third-order valence-electron chi connectivity index (χ3n) is 6.03. The average molecular weight is 541 g/mol. The molecule has 0 radical (unpaired) electrons. The van der Waals surface area contributed by atoms with Crippen molar-refractivity contribution in [1.82, 2.24) is 4.90 Å². The van der Waals surface area contributed by atoms with Crippen molar-refractivity contribution in [2.75, 3.05) is 58.6 Å². The number of carbonyl (C=O) groups is 1. The molecule has 0 spiro atoms. The molecule has 0 atom stereocenters. The Hall–Kier alpha value is -3.66. The fourth-order valence-corrected chi connectivity index (χ4v) is 4.41. The average Bonchev–Trinajstić information content (AvgIpc) is 2.92. The van der Waals surface area contributed by atoms with Gasteiger partial charge in [0, 0.05) is 29.7 Å². The van der Waals surface area contributed by atoms with Crippen LogP contribution >= 0.6 is 11.6 Å². The SMILES string of the molecule is COc1cc2c(cc1CN1CCOCCOc3ccccc3Oc3ccc(Cl)cc3NC(=O)C1)OCCO2. The normalized spacial score (nSPS) is 16.4. The van der Waals surface area contributed by atoms with Crippen LogP contribution in [0.1, 0.15) is 5.56 Å². The number of hydrogen-bond donors (Lipinski definition) is 1. The van der Waals surface area contributed by atoms with Gasteiger partial charge in [0.25, 0.3) is 0 Å². The molecule has 0 saturated heterocycles. The van der Waals surface area contributed by atoms with Crippen LogP contribution in [0.25, 0.3) is 0 Å². The van der Waals surface area contributed by atoms with Crippen LogP contribution in [0.15, 0.2) is 54.6 Å². The Morgan fingerprint density at radius 1 is 0.868 bits per heavy atom. The van der Waals surface area contributed by atoms with Crippen molar-refractivity contribution >= 4 is 23.2 Å². The van der Waals surface area contributed by atoms with Crippen LogP contribution in [0.2, 0.25) is 5.02 Å². The first kappa shape index (κ1) is 26.0. The predicted octanol–water partition coefficient (Wildman–Crippen LogP) is 4.76. The van der Waals surface area contributed by atoms with Crippen molar-refractivity contribution in [2.24, 2.45) is 0 Å². The number of rotatable bonds is 3. The van der Waals surface area contributed by atoms with Crippen LogP contribution in [-0.2, 0) is 16.1 Å². The molecule has 0 bridgehead atoms. The quantitative estimate of drug-likeness (QED) is 0.509. The minimum Gasteiger partial charge on any atom is -0.496 e. The second-order valence-electron chi connectivity index (χ2n) is 8.72. The topological polar surface area (TPSA) is 87.7 Å². The van der Waals surface area contributed by atoms with Gasteiger partial charge in [-0.05, 0) is 36.4 Å². The molecular weight excluding hydrogens is 512 g/mol. The predicted molar refractivity (Wildman–Crippen MR) is 142 cm³/mol. The van der Waals surface area contributed by atoms with Crippen LogP contribution in [0.4, 0.5) is 5.69 Å².